The van der Waals surface area contributed by atoms with E-state index in [4.69, 9.17) is 0 Å². The number of hydrogen-bond acceptors (Lipinski definition) is 5. The van der Waals surface area contributed by atoms with Gasteiger partial charge < -0.3 is 25.7 Å². The first kappa shape index (κ1) is 71.0. The Bertz CT molecular complexity index is 1050. The molecule has 1 amide bonds. The zero-order valence-corrected chi connectivity index (χ0v) is 49.0. The van der Waals surface area contributed by atoms with Crippen molar-refractivity contribution < 1.29 is 25.2 Å². The smallest absolute Gasteiger partial charge is 0.249 e. The summed E-state index contributed by atoms with van der Waals surface area (Å²) in [4.78, 5) is 12.6. The number of rotatable bonds is 62. The second-order valence-electron chi connectivity index (χ2n) is 23.2. The Kier molecular flexibility index (Phi) is 60.1. The molecule has 0 aromatic rings. The number of carbonyl (C=O) groups is 1. The van der Waals surface area contributed by atoms with Crippen LogP contribution in [-0.2, 0) is 4.79 Å². The van der Waals surface area contributed by atoms with Crippen molar-refractivity contribution in [3.05, 3.63) is 12.2 Å². The van der Waals surface area contributed by atoms with E-state index >= 15 is 0 Å². The normalized spacial score (nSPS) is 13.6. The number of unbranched alkanes of at least 4 members (excludes halogenated alkanes) is 51. The largest absolute Gasteiger partial charge is 0.394 e. The maximum atomic E-state index is 12.6. The van der Waals surface area contributed by atoms with Gasteiger partial charge in [0, 0.05) is 0 Å². The van der Waals surface area contributed by atoms with Crippen LogP contribution < -0.4 is 5.32 Å². The standard InChI is InChI=1S/C66H131NO5/c1-3-5-7-9-11-13-15-17-19-21-23-25-27-29-30-31-32-33-34-36-37-39-41-43-45-47-49-51-53-55-57-59-63(69)65(71)62(61-68)67-66(72)64(70)60-58-56-54-52-50-48-46-44-42-40-38-35-28-26-24-22-20-18-16-14-12-10-8-6-4-2/h51,53,62-65,68-71H,3-50,52,54-61H2,1-2H3,(H,67,72)/b53-51+. The summed E-state index contributed by atoms with van der Waals surface area (Å²) in [6.45, 7) is 4.10. The zero-order valence-electron chi connectivity index (χ0n) is 49.0. The van der Waals surface area contributed by atoms with Gasteiger partial charge in [0.25, 0.3) is 0 Å². The van der Waals surface area contributed by atoms with Crippen molar-refractivity contribution >= 4 is 5.91 Å². The third-order valence-electron chi connectivity index (χ3n) is 16.0. The molecule has 5 N–H and O–H groups in total. The van der Waals surface area contributed by atoms with E-state index in [2.05, 4.69) is 31.3 Å². The minimum Gasteiger partial charge on any atom is -0.394 e. The molecule has 4 unspecified atom stereocenters. The van der Waals surface area contributed by atoms with E-state index in [1.165, 1.54) is 308 Å². The van der Waals surface area contributed by atoms with Crippen molar-refractivity contribution in [1.82, 2.24) is 5.32 Å². The van der Waals surface area contributed by atoms with Crippen LogP contribution in [0.2, 0.25) is 0 Å². The molecule has 0 aromatic heterocycles. The highest BCUT2D eigenvalue weighted by Gasteiger charge is 2.28. The number of hydrogen-bond donors (Lipinski definition) is 5. The summed E-state index contributed by atoms with van der Waals surface area (Å²) < 4.78 is 0. The zero-order chi connectivity index (χ0) is 52.3. The lowest BCUT2D eigenvalue weighted by molar-refractivity contribution is -0.132. The van der Waals surface area contributed by atoms with Crippen LogP contribution in [0.3, 0.4) is 0 Å². The highest BCUT2D eigenvalue weighted by molar-refractivity contribution is 5.80. The summed E-state index contributed by atoms with van der Waals surface area (Å²) in [5.41, 5.74) is 0. The molecule has 0 aliphatic carbocycles. The van der Waals surface area contributed by atoms with Crippen LogP contribution in [0.5, 0.6) is 0 Å². The molecule has 4 atom stereocenters. The monoisotopic (exact) mass is 1020 g/mol. The Morgan fingerprint density at radius 2 is 0.569 bits per heavy atom. The molecule has 430 valence electrons. The second kappa shape index (κ2) is 60.9. The van der Waals surface area contributed by atoms with Crippen LogP contribution >= 0.6 is 0 Å². The Labute approximate surface area is 451 Å². The van der Waals surface area contributed by atoms with Crippen molar-refractivity contribution in [2.45, 2.75) is 398 Å². The molecule has 0 fully saturated rings. The SMILES string of the molecule is CCCCCCCCCCCCCCCCCCCCCCCCCCCC/C=C/CCCC(O)C(O)C(CO)NC(=O)C(O)CCCCCCCCCCCCCCCCCCCCCCCCCCC. The summed E-state index contributed by atoms with van der Waals surface area (Å²) in [6.07, 6.45) is 74.7. The lowest BCUT2D eigenvalue weighted by Gasteiger charge is -2.27. The van der Waals surface area contributed by atoms with Crippen molar-refractivity contribution in [2.24, 2.45) is 0 Å². The Morgan fingerprint density at radius 3 is 0.833 bits per heavy atom. The summed E-state index contributed by atoms with van der Waals surface area (Å²) in [6, 6.07) is -1.000. The summed E-state index contributed by atoms with van der Waals surface area (Å²) in [7, 11) is 0. The van der Waals surface area contributed by atoms with Gasteiger partial charge in [0.2, 0.25) is 5.91 Å². The van der Waals surface area contributed by atoms with Crippen molar-refractivity contribution in [1.29, 1.82) is 0 Å². The lowest BCUT2D eigenvalue weighted by atomic mass is 10.00. The first-order valence-corrected chi connectivity index (χ1v) is 33.1. The van der Waals surface area contributed by atoms with Crippen molar-refractivity contribution in [3.63, 3.8) is 0 Å². The average Bonchev–Trinajstić information content (AvgIpc) is 3.39. The second-order valence-corrected chi connectivity index (χ2v) is 23.2. The number of carbonyl (C=O) groups excluding carboxylic acids is 1. The number of aliphatic hydroxyl groups excluding tert-OH is 4. The number of allylic oxidation sites excluding steroid dienone is 2. The van der Waals surface area contributed by atoms with Gasteiger partial charge in [-0.3, -0.25) is 4.79 Å². The predicted molar refractivity (Wildman–Crippen MR) is 316 cm³/mol. The van der Waals surface area contributed by atoms with Crippen LogP contribution in [0.25, 0.3) is 0 Å². The van der Waals surface area contributed by atoms with E-state index in [0.717, 1.165) is 38.5 Å². The van der Waals surface area contributed by atoms with Gasteiger partial charge in [0.15, 0.2) is 0 Å². The van der Waals surface area contributed by atoms with E-state index in [0.29, 0.717) is 12.8 Å². The average molecular weight is 1020 g/mol. The molecule has 0 radical (unpaired) electrons. The molecule has 6 nitrogen and oxygen atoms in total. The third-order valence-corrected chi connectivity index (χ3v) is 16.0. The van der Waals surface area contributed by atoms with E-state index in [1.54, 1.807) is 0 Å². The topological polar surface area (TPSA) is 110 Å². The minimum absolute atomic E-state index is 0.369. The van der Waals surface area contributed by atoms with E-state index < -0.39 is 36.9 Å². The molecular weight excluding hydrogens is 887 g/mol. The van der Waals surface area contributed by atoms with E-state index in [-0.39, 0.29) is 0 Å². The molecule has 72 heavy (non-hydrogen) atoms. The van der Waals surface area contributed by atoms with Gasteiger partial charge in [-0.15, -0.1) is 0 Å². The Balaban J connectivity index is 3.56. The maximum absolute atomic E-state index is 12.6. The molecule has 0 saturated heterocycles. The molecular formula is C66H131NO5. The van der Waals surface area contributed by atoms with Crippen LogP contribution in [0.4, 0.5) is 0 Å². The molecule has 0 saturated carbocycles. The molecule has 6 heteroatoms. The highest BCUT2D eigenvalue weighted by atomic mass is 16.3. The van der Waals surface area contributed by atoms with Gasteiger partial charge in [0.05, 0.1) is 18.8 Å². The third kappa shape index (κ3) is 53.9. The first-order chi connectivity index (χ1) is 35.5. The van der Waals surface area contributed by atoms with Gasteiger partial charge in [-0.2, -0.15) is 0 Å². The fraction of sp³-hybridized carbons (Fsp3) is 0.955. The molecule has 0 aromatic carbocycles. The van der Waals surface area contributed by atoms with Gasteiger partial charge in [0.1, 0.15) is 12.2 Å². The Morgan fingerprint density at radius 1 is 0.333 bits per heavy atom. The Hall–Kier alpha value is -0.950. The van der Waals surface area contributed by atoms with E-state index in [1.807, 2.05) is 0 Å². The predicted octanol–water partition coefficient (Wildman–Crippen LogP) is 20.0. The fourth-order valence-corrected chi connectivity index (χ4v) is 10.8. The lowest BCUT2D eigenvalue weighted by Crippen LogP contribution is -2.53. The first-order valence-electron chi connectivity index (χ1n) is 33.1. The van der Waals surface area contributed by atoms with Gasteiger partial charge in [-0.05, 0) is 38.5 Å². The highest BCUT2D eigenvalue weighted by Crippen LogP contribution is 2.19. The van der Waals surface area contributed by atoms with Gasteiger partial charge >= 0.3 is 0 Å². The van der Waals surface area contributed by atoms with Crippen LogP contribution in [-0.4, -0.2) is 57.3 Å². The number of aliphatic hydroxyl groups is 4. The maximum Gasteiger partial charge on any atom is 0.249 e. The van der Waals surface area contributed by atoms with Gasteiger partial charge in [-0.25, -0.2) is 0 Å². The van der Waals surface area contributed by atoms with E-state index in [9.17, 15) is 25.2 Å². The summed E-state index contributed by atoms with van der Waals surface area (Å²) in [5.74, 6) is -0.585. The molecule has 0 bridgehead atoms. The molecule has 0 aliphatic heterocycles. The van der Waals surface area contributed by atoms with Crippen LogP contribution in [0.15, 0.2) is 12.2 Å². The quantitative estimate of drug-likeness (QED) is 0.0308. The molecule has 0 rings (SSSR count). The number of amides is 1. The van der Waals surface area contributed by atoms with Crippen molar-refractivity contribution in [2.75, 3.05) is 6.61 Å². The molecule has 0 spiro atoms. The summed E-state index contributed by atoms with van der Waals surface area (Å²) >= 11 is 0. The summed E-state index contributed by atoms with van der Waals surface area (Å²) in [5, 5.41) is 44.1. The van der Waals surface area contributed by atoms with Crippen LogP contribution in [0, 0.1) is 0 Å². The van der Waals surface area contributed by atoms with Gasteiger partial charge in [-0.1, -0.05) is 347 Å². The van der Waals surface area contributed by atoms with Crippen LogP contribution in [0.1, 0.15) is 373 Å². The minimum atomic E-state index is -1.28. The fourth-order valence-electron chi connectivity index (χ4n) is 10.8. The van der Waals surface area contributed by atoms with Crippen molar-refractivity contribution in [3.8, 4) is 0 Å². The molecule has 0 aliphatic rings. The molecule has 0 heterocycles. The number of nitrogens with one attached hydrogen (secondary N) is 1.